The zero-order valence-corrected chi connectivity index (χ0v) is 26.3. The monoisotopic (exact) mass is 546 g/mol. The third-order valence-electron chi connectivity index (χ3n) is 6.94. The predicted octanol–water partition coefficient (Wildman–Crippen LogP) is 7.30. The Morgan fingerprint density at radius 2 is 1.20 bits per heavy atom. The van der Waals surface area contributed by atoms with Crippen LogP contribution in [0.5, 0.6) is 0 Å². The molecule has 0 aliphatic rings. The molecule has 1 N–H and O–H groups in total. The molecule has 0 saturated carbocycles. The number of ether oxygens (including phenoxy) is 2. The molecule has 0 aliphatic carbocycles. The molecular formula is C35H50N2O3. The average molecular weight is 547 g/mol. The van der Waals surface area contributed by atoms with Gasteiger partial charge in [0.2, 0.25) is 0 Å². The van der Waals surface area contributed by atoms with Crippen LogP contribution < -0.4 is 5.32 Å². The van der Waals surface area contributed by atoms with Gasteiger partial charge in [-0.05, 0) is 106 Å². The van der Waals surface area contributed by atoms with E-state index in [1.807, 2.05) is 45.2 Å². The largest absolute Gasteiger partial charge is 0.380 e. The van der Waals surface area contributed by atoms with Gasteiger partial charge in [-0.1, -0.05) is 48.5 Å². The number of aldehydes is 1. The van der Waals surface area contributed by atoms with Gasteiger partial charge in [0.15, 0.2) is 0 Å². The lowest BCUT2D eigenvalue weighted by molar-refractivity contribution is 0.112. The van der Waals surface area contributed by atoms with E-state index in [1.165, 1.54) is 38.9 Å². The number of rotatable bonds is 10. The molecule has 0 amide bonds. The fourth-order valence-corrected chi connectivity index (χ4v) is 3.48. The van der Waals surface area contributed by atoms with Crippen LogP contribution in [-0.4, -0.2) is 52.0 Å². The van der Waals surface area contributed by atoms with Gasteiger partial charge in [0, 0.05) is 39.1 Å². The van der Waals surface area contributed by atoms with Crippen molar-refractivity contribution in [3.8, 4) is 0 Å². The van der Waals surface area contributed by atoms with Crippen LogP contribution in [0.4, 0.5) is 0 Å². The Labute approximate surface area is 243 Å². The van der Waals surface area contributed by atoms with E-state index in [0.717, 1.165) is 30.5 Å². The average Bonchev–Trinajstić information content (AvgIpc) is 2.94. The smallest absolute Gasteiger partial charge is 0.150 e. The van der Waals surface area contributed by atoms with Gasteiger partial charge in [0.05, 0.1) is 18.8 Å². The lowest BCUT2D eigenvalue weighted by atomic mass is 10.1. The first-order chi connectivity index (χ1) is 19.0. The summed E-state index contributed by atoms with van der Waals surface area (Å²) in [6, 6.07) is 18.6. The van der Waals surface area contributed by atoms with Crippen LogP contribution in [0.15, 0.2) is 59.6 Å². The zero-order chi connectivity index (χ0) is 30.1. The van der Waals surface area contributed by atoms with E-state index >= 15 is 0 Å². The summed E-state index contributed by atoms with van der Waals surface area (Å²) in [6.45, 7) is 19.1. The second kappa shape index (κ2) is 19.0. The van der Waals surface area contributed by atoms with Crippen molar-refractivity contribution in [1.29, 1.82) is 0 Å². The van der Waals surface area contributed by atoms with Crippen LogP contribution in [-0.2, 0) is 16.0 Å². The highest BCUT2D eigenvalue weighted by atomic mass is 16.5. The number of aryl methyl sites for hydroxylation is 6. The van der Waals surface area contributed by atoms with E-state index in [0.29, 0.717) is 6.54 Å². The summed E-state index contributed by atoms with van der Waals surface area (Å²) in [5, 5.41) is 3.37. The van der Waals surface area contributed by atoms with E-state index in [2.05, 4.69) is 81.3 Å². The molecule has 0 radical (unpaired) electrons. The lowest BCUT2D eigenvalue weighted by Gasteiger charge is -2.11. The molecular weight excluding hydrogens is 496 g/mol. The number of methoxy groups -OCH3 is 2. The second-order valence-electron chi connectivity index (χ2n) is 10.4. The Kier molecular flexibility index (Phi) is 16.6. The highest BCUT2D eigenvalue weighted by molar-refractivity contribution is 5.80. The Hall–Kier alpha value is -3.12. The molecule has 218 valence electrons. The molecule has 0 fully saturated rings. The summed E-state index contributed by atoms with van der Waals surface area (Å²) < 4.78 is 10.3. The van der Waals surface area contributed by atoms with Gasteiger partial charge >= 0.3 is 0 Å². The Morgan fingerprint density at radius 1 is 0.700 bits per heavy atom. The molecule has 5 nitrogen and oxygen atoms in total. The molecule has 2 atom stereocenters. The predicted molar refractivity (Wildman–Crippen MR) is 170 cm³/mol. The number of hydrogen-bond donors (Lipinski definition) is 1. The van der Waals surface area contributed by atoms with Gasteiger partial charge in [-0.25, -0.2) is 0 Å². The molecule has 0 bridgehead atoms. The summed E-state index contributed by atoms with van der Waals surface area (Å²) in [7, 11) is 3.44. The third kappa shape index (κ3) is 13.8. The van der Waals surface area contributed by atoms with Gasteiger partial charge < -0.3 is 14.8 Å². The van der Waals surface area contributed by atoms with E-state index in [-0.39, 0.29) is 12.2 Å². The van der Waals surface area contributed by atoms with Crippen molar-refractivity contribution < 1.29 is 14.3 Å². The zero-order valence-electron chi connectivity index (χ0n) is 26.3. The highest BCUT2D eigenvalue weighted by Gasteiger charge is 2.00. The molecule has 0 spiro atoms. The van der Waals surface area contributed by atoms with E-state index < -0.39 is 0 Å². The topological polar surface area (TPSA) is 59.9 Å². The number of nitrogens with zero attached hydrogens (tertiary/aromatic N) is 1. The quantitative estimate of drug-likeness (QED) is 0.214. The van der Waals surface area contributed by atoms with Gasteiger partial charge in [0.25, 0.3) is 0 Å². The Bertz CT molecular complexity index is 1200. The van der Waals surface area contributed by atoms with Crippen LogP contribution in [0.2, 0.25) is 0 Å². The van der Waals surface area contributed by atoms with Gasteiger partial charge in [0.1, 0.15) is 6.29 Å². The van der Waals surface area contributed by atoms with E-state index in [1.54, 1.807) is 14.2 Å². The fourth-order valence-electron chi connectivity index (χ4n) is 3.48. The van der Waals surface area contributed by atoms with Crippen molar-refractivity contribution in [2.45, 2.75) is 74.1 Å². The number of nitrogens with one attached hydrogen (secondary N) is 1. The number of aliphatic imine (C=N–C) groups is 1. The van der Waals surface area contributed by atoms with Gasteiger partial charge in [-0.2, -0.15) is 0 Å². The molecule has 3 aromatic rings. The van der Waals surface area contributed by atoms with Crippen molar-refractivity contribution in [3.63, 3.8) is 0 Å². The minimum absolute atomic E-state index is 0.188. The molecule has 0 aliphatic heterocycles. The first kappa shape index (κ1) is 34.9. The van der Waals surface area contributed by atoms with Crippen LogP contribution >= 0.6 is 0 Å². The molecule has 3 aromatic carbocycles. The summed E-state index contributed by atoms with van der Waals surface area (Å²) in [5.74, 6) is 0. The molecule has 3 rings (SSSR count). The SMILES string of the molecule is COC(C)CN=Cc1ccc(C)c(C)c1.COC(C)CNCc1ccc(C)c(C)c1.Cc1ccc(C=O)cc1C. The summed E-state index contributed by atoms with van der Waals surface area (Å²) in [5.41, 5.74) is 11.0. The Morgan fingerprint density at radius 3 is 1.70 bits per heavy atom. The third-order valence-corrected chi connectivity index (χ3v) is 6.94. The van der Waals surface area contributed by atoms with Crippen molar-refractivity contribution in [2.75, 3.05) is 27.3 Å². The Balaban J connectivity index is 0.000000307. The number of carbonyl (C=O) groups excluding carboxylic acids is 1. The fraction of sp³-hybridized carbons (Fsp3) is 0.429. The van der Waals surface area contributed by atoms with Crippen molar-refractivity contribution in [2.24, 2.45) is 4.99 Å². The number of carbonyl (C=O) groups is 1. The summed E-state index contributed by atoms with van der Waals surface area (Å²) in [6.07, 6.45) is 3.23. The summed E-state index contributed by atoms with van der Waals surface area (Å²) in [4.78, 5) is 14.6. The molecule has 0 heterocycles. The normalized spacial score (nSPS) is 12.2. The molecule has 0 saturated heterocycles. The van der Waals surface area contributed by atoms with Crippen LogP contribution in [0.1, 0.15) is 68.7 Å². The van der Waals surface area contributed by atoms with Gasteiger partial charge in [-0.15, -0.1) is 0 Å². The maximum atomic E-state index is 10.3. The molecule has 2 unspecified atom stereocenters. The lowest BCUT2D eigenvalue weighted by Crippen LogP contribution is -2.25. The molecule has 40 heavy (non-hydrogen) atoms. The van der Waals surface area contributed by atoms with Crippen molar-refractivity contribution in [3.05, 3.63) is 105 Å². The minimum atomic E-state index is 0.188. The highest BCUT2D eigenvalue weighted by Crippen LogP contribution is 2.10. The maximum absolute atomic E-state index is 10.3. The standard InChI is InChI=1S/C13H21NO.C13H19NO.C9H10O/c2*1-10-5-6-13(7-11(10)2)9-14-8-12(3)15-4;1-7-3-4-9(6-10)5-8(7)2/h5-7,12,14H,8-9H2,1-4H3;5-7,9,12H,8H2,1-4H3;3-6H,1-2H3. The maximum Gasteiger partial charge on any atom is 0.150 e. The number of benzene rings is 3. The van der Waals surface area contributed by atoms with Crippen molar-refractivity contribution >= 4 is 12.5 Å². The van der Waals surface area contributed by atoms with Crippen LogP contribution in [0, 0.1) is 41.5 Å². The first-order valence-electron chi connectivity index (χ1n) is 13.9. The van der Waals surface area contributed by atoms with Crippen molar-refractivity contribution in [1.82, 2.24) is 5.32 Å². The van der Waals surface area contributed by atoms with Crippen LogP contribution in [0.3, 0.4) is 0 Å². The van der Waals surface area contributed by atoms with Crippen LogP contribution in [0.25, 0.3) is 0 Å². The molecule has 0 aromatic heterocycles. The second-order valence-corrected chi connectivity index (χ2v) is 10.4. The van der Waals surface area contributed by atoms with Gasteiger partial charge in [-0.3, -0.25) is 9.79 Å². The van der Waals surface area contributed by atoms with E-state index in [9.17, 15) is 4.79 Å². The first-order valence-corrected chi connectivity index (χ1v) is 13.9. The minimum Gasteiger partial charge on any atom is -0.380 e. The number of hydrogen-bond acceptors (Lipinski definition) is 5. The van der Waals surface area contributed by atoms with E-state index in [4.69, 9.17) is 9.47 Å². The molecule has 5 heteroatoms. The summed E-state index contributed by atoms with van der Waals surface area (Å²) >= 11 is 0.